The third-order valence-electron chi connectivity index (χ3n) is 3.47. The molecule has 0 bridgehead atoms. The number of fused-ring (bicyclic) bond motifs is 1. The van der Waals surface area contributed by atoms with Gasteiger partial charge in [-0.3, -0.25) is 4.84 Å². The minimum Gasteiger partial charge on any atom is -0.276 e. The lowest BCUT2D eigenvalue weighted by Crippen LogP contribution is -2.33. The second kappa shape index (κ2) is 6.17. The van der Waals surface area contributed by atoms with Crippen LogP contribution in [0, 0.1) is 0 Å². The maximum absolute atomic E-state index is 5.90. The predicted octanol–water partition coefficient (Wildman–Crippen LogP) is 4.82. The van der Waals surface area contributed by atoms with E-state index in [4.69, 9.17) is 16.4 Å². The molecule has 0 saturated carbocycles. The van der Waals surface area contributed by atoms with E-state index in [0.29, 0.717) is 0 Å². The smallest absolute Gasteiger partial charge is 0.0933 e. The number of hydrogen-bond donors (Lipinski definition) is 0. The maximum Gasteiger partial charge on any atom is 0.0933 e. The second-order valence-electron chi connectivity index (χ2n) is 4.83. The highest BCUT2D eigenvalue weighted by molar-refractivity contribution is 6.30. The minimum atomic E-state index is 0.0700. The van der Waals surface area contributed by atoms with E-state index >= 15 is 0 Å². The van der Waals surface area contributed by atoms with Crippen LogP contribution in [0.1, 0.15) is 11.1 Å². The van der Waals surface area contributed by atoms with Crippen molar-refractivity contribution in [1.29, 1.82) is 0 Å². The summed E-state index contributed by atoms with van der Waals surface area (Å²) in [4.78, 5) is 5.55. The van der Waals surface area contributed by atoms with Crippen molar-refractivity contribution in [2.24, 2.45) is 0 Å². The molecule has 0 spiro atoms. The maximum atomic E-state index is 5.90. The molecule has 2 aromatic carbocycles. The van der Waals surface area contributed by atoms with Crippen molar-refractivity contribution in [1.82, 2.24) is 0 Å². The van der Waals surface area contributed by atoms with Crippen molar-refractivity contribution in [2.45, 2.75) is 6.04 Å². The van der Waals surface area contributed by atoms with Crippen molar-refractivity contribution in [3.63, 3.8) is 0 Å². The molecule has 1 unspecified atom stereocenters. The lowest BCUT2D eigenvalue weighted by Gasteiger charge is -2.31. The molecule has 0 radical (unpaired) electrons. The highest BCUT2D eigenvalue weighted by Gasteiger charge is 2.19. The Balaban J connectivity index is 1.85. The Bertz CT molecular complexity index is 676. The van der Waals surface area contributed by atoms with Crippen LogP contribution in [0.25, 0.3) is 12.2 Å². The quantitative estimate of drug-likeness (QED) is 0.805. The summed E-state index contributed by atoms with van der Waals surface area (Å²) in [5.41, 5.74) is 3.35. The molecular weight excluding hydrogens is 282 g/mol. The molecule has 0 aromatic heterocycles. The fraction of sp³-hybridized carbons (Fsp3) is 0.111. The van der Waals surface area contributed by atoms with Crippen LogP contribution in [0.4, 0.5) is 5.69 Å². The molecule has 106 valence electrons. The molecule has 21 heavy (non-hydrogen) atoms. The molecule has 3 heteroatoms. The van der Waals surface area contributed by atoms with Gasteiger partial charge in [0.15, 0.2) is 0 Å². The van der Waals surface area contributed by atoms with E-state index in [0.717, 1.165) is 21.8 Å². The molecule has 1 aliphatic heterocycles. The number of nitrogens with zero attached hydrogens (tertiary/aromatic N) is 1. The summed E-state index contributed by atoms with van der Waals surface area (Å²) < 4.78 is 0. The molecule has 3 rings (SSSR count). The van der Waals surface area contributed by atoms with E-state index < -0.39 is 0 Å². The van der Waals surface area contributed by atoms with Gasteiger partial charge in [-0.2, -0.15) is 0 Å². The van der Waals surface area contributed by atoms with E-state index in [-0.39, 0.29) is 6.04 Å². The van der Waals surface area contributed by atoms with Crippen LogP contribution < -0.4 is 5.06 Å². The third-order valence-corrected chi connectivity index (χ3v) is 3.72. The Labute approximate surface area is 129 Å². The van der Waals surface area contributed by atoms with Crippen molar-refractivity contribution < 1.29 is 4.84 Å². The van der Waals surface area contributed by atoms with Gasteiger partial charge >= 0.3 is 0 Å². The molecule has 1 aliphatic rings. The van der Waals surface area contributed by atoms with Gasteiger partial charge < -0.3 is 0 Å². The third kappa shape index (κ3) is 3.02. The normalized spacial score (nSPS) is 17.2. The number of anilines is 1. The highest BCUT2D eigenvalue weighted by atomic mass is 35.5. The lowest BCUT2D eigenvalue weighted by molar-refractivity contribution is 0.160. The summed E-state index contributed by atoms with van der Waals surface area (Å²) in [6.45, 7) is 0. The largest absolute Gasteiger partial charge is 0.276 e. The summed E-state index contributed by atoms with van der Waals surface area (Å²) >= 11 is 5.90. The number of hydroxylamine groups is 1. The number of para-hydroxylation sites is 1. The van der Waals surface area contributed by atoms with Crippen LogP contribution in [0.15, 0.2) is 60.7 Å². The zero-order chi connectivity index (χ0) is 14.7. The molecule has 0 saturated heterocycles. The first-order chi connectivity index (χ1) is 10.3. The monoisotopic (exact) mass is 297 g/mol. The highest BCUT2D eigenvalue weighted by Crippen LogP contribution is 2.29. The Morgan fingerprint density at radius 3 is 2.62 bits per heavy atom. The van der Waals surface area contributed by atoms with Gasteiger partial charge in [-0.15, -0.1) is 0 Å². The van der Waals surface area contributed by atoms with Crippen LogP contribution in [0.5, 0.6) is 0 Å². The predicted molar refractivity (Wildman–Crippen MR) is 89.2 cm³/mol. The second-order valence-corrected chi connectivity index (χ2v) is 5.26. The molecular formula is C18H16ClNO. The molecule has 2 aromatic rings. The zero-order valence-corrected chi connectivity index (χ0v) is 12.5. The SMILES string of the molecule is CON1c2ccccc2C=CC1/C=C/c1ccc(Cl)cc1. The summed E-state index contributed by atoms with van der Waals surface area (Å²) in [6.07, 6.45) is 8.43. The summed E-state index contributed by atoms with van der Waals surface area (Å²) in [5, 5.41) is 2.65. The first kappa shape index (κ1) is 13.9. The van der Waals surface area contributed by atoms with Crippen LogP contribution in [0.2, 0.25) is 5.02 Å². The van der Waals surface area contributed by atoms with Crippen molar-refractivity contribution >= 4 is 29.4 Å². The molecule has 0 fully saturated rings. The van der Waals surface area contributed by atoms with E-state index in [1.165, 1.54) is 0 Å². The number of rotatable bonds is 3. The molecule has 2 nitrogen and oxygen atoms in total. The van der Waals surface area contributed by atoms with E-state index in [1.807, 2.05) is 41.5 Å². The lowest BCUT2D eigenvalue weighted by atomic mass is 10.0. The zero-order valence-electron chi connectivity index (χ0n) is 11.7. The van der Waals surface area contributed by atoms with E-state index in [1.54, 1.807) is 7.11 Å². The van der Waals surface area contributed by atoms with Gasteiger partial charge in [-0.25, -0.2) is 5.06 Å². The molecule has 0 N–H and O–H groups in total. The van der Waals surface area contributed by atoms with Gasteiger partial charge in [0.05, 0.1) is 18.8 Å². The molecule has 0 amide bonds. The van der Waals surface area contributed by atoms with Gasteiger partial charge in [0.2, 0.25) is 0 Å². The summed E-state index contributed by atoms with van der Waals surface area (Å²) in [5.74, 6) is 0. The van der Waals surface area contributed by atoms with Gasteiger partial charge in [-0.1, -0.05) is 66.2 Å². The Hall–Kier alpha value is -2.03. The number of halogens is 1. The first-order valence-electron chi connectivity index (χ1n) is 6.82. The Kier molecular flexibility index (Phi) is 4.09. The Morgan fingerprint density at radius 1 is 1.10 bits per heavy atom. The van der Waals surface area contributed by atoms with Crippen LogP contribution in [0.3, 0.4) is 0 Å². The topological polar surface area (TPSA) is 12.5 Å². The summed E-state index contributed by atoms with van der Waals surface area (Å²) in [7, 11) is 1.69. The fourth-order valence-corrected chi connectivity index (χ4v) is 2.54. The van der Waals surface area contributed by atoms with Crippen molar-refractivity contribution in [3.05, 3.63) is 76.8 Å². The fourth-order valence-electron chi connectivity index (χ4n) is 2.42. The van der Waals surface area contributed by atoms with Crippen LogP contribution in [-0.4, -0.2) is 13.2 Å². The van der Waals surface area contributed by atoms with Crippen LogP contribution in [-0.2, 0) is 4.84 Å². The van der Waals surface area contributed by atoms with Crippen molar-refractivity contribution in [3.8, 4) is 0 Å². The minimum absolute atomic E-state index is 0.0700. The number of benzene rings is 2. The Morgan fingerprint density at radius 2 is 1.86 bits per heavy atom. The molecule has 1 heterocycles. The van der Waals surface area contributed by atoms with Gasteiger partial charge in [0, 0.05) is 5.02 Å². The van der Waals surface area contributed by atoms with Gasteiger partial charge in [0.1, 0.15) is 0 Å². The van der Waals surface area contributed by atoms with Crippen molar-refractivity contribution in [2.75, 3.05) is 12.2 Å². The van der Waals surface area contributed by atoms with E-state index in [2.05, 4.69) is 36.4 Å². The first-order valence-corrected chi connectivity index (χ1v) is 7.20. The van der Waals surface area contributed by atoms with Crippen LogP contribution >= 0.6 is 11.6 Å². The molecule has 1 atom stereocenters. The van der Waals surface area contributed by atoms with Gasteiger partial charge in [0.25, 0.3) is 0 Å². The standard InChI is InChI=1S/C18H16ClNO/c1-21-20-17(12-8-14-6-10-16(19)11-7-14)13-9-15-4-2-3-5-18(15)20/h2-13,17H,1H3/b12-8+. The van der Waals surface area contributed by atoms with Gasteiger partial charge in [-0.05, 0) is 29.3 Å². The average Bonchev–Trinajstić information content (AvgIpc) is 2.53. The average molecular weight is 298 g/mol. The summed E-state index contributed by atoms with van der Waals surface area (Å²) in [6, 6.07) is 16.0. The molecule has 0 aliphatic carbocycles. The van der Waals surface area contributed by atoms with E-state index in [9.17, 15) is 0 Å². The number of hydrogen-bond acceptors (Lipinski definition) is 2.